The van der Waals surface area contributed by atoms with Crippen LogP contribution in [0.1, 0.15) is 44.2 Å². The minimum atomic E-state index is -1.01. The van der Waals surface area contributed by atoms with Gasteiger partial charge in [0.15, 0.2) is 0 Å². The van der Waals surface area contributed by atoms with Gasteiger partial charge in [0.25, 0.3) is 17.7 Å². The molecule has 0 bridgehead atoms. The van der Waals surface area contributed by atoms with Gasteiger partial charge in [-0.3, -0.25) is 14.4 Å². The van der Waals surface area contributed by atoms with Crippen LogP contribution >= 0.6 is 11.3 Å². The van der Waals surface area contributed by atoms with E-state index in [2.05, 4.69) is 5.32 Å². The fraction of sp³-hybridized carbons (Fsp3) is 0.222. The predicted molar refractivity (Wildman–Crippen MR) is 93.4 cm³/mol. The van der Waals surface area contributed by atoms with Gasteiger partial charge in [0.2, 0.25) is 0 Å². The lowest BCUT2D eigenvalue weighted by molar-refractivity contribution is -0.172. The lowest BCUT2D eigenvalue weighted by Gasteiger charge is -2.22. The van der Waals surface area contributed by atoms with E-state index >= 15 is 0 Å². The first kappa shape index (κ1) is 17.8. The highest BCUT2D eigenvalue weighted by Gasteiger charge is 2.40. The fourth-order valence-corrected chi connectivity index (χ4v) is 3.14. The largest absolute Gasteiger partial charge is 0.355 e. The molecule has 1 N–H and O–H groups in total. The number of amides is 3. The number of imide groups is 1. The van der Waals surface area contributed by atoms with Crippen LogP contribution in [0.15, 0.2) is 41.8 Å². The van der Waals surface area contributed by atoms with Crippen LogP contribution in [0.4, 0.5) is 0 Å². The molecule has 2 aromatic rings. The van der Waals surface area contributed by atoms with Gasteiger partial charge in [-0.05, 0) is 29.5 Å². The third kappa shape index (κ3) is 3.23. The Kier molecular flexibility index (Phi) is 4.85. The average molecular weight is 372 g/mol. The third-order valence-electron chi connectivity index (χ3n) is 3.89. The first-order chi connectivity index (χ1) is 12.4. The number of thiophene rings is 1. The summed E-state index contributed by atoms with van der Waals surface area (Å²) in [6.45, 7) is 3.45. The Morgan fingerprint density at radius 1 is 1.04 bits per heavy atom. The molecule has 1 atom stereocenters. The van der Waals surface area contributed by atoms with E-state index in [1.54, 1.807) is 43.5 Å². The van der Waals surface area contributed by atoms with E-state index in [0.29, 0.717) is 9.94 Å². The molecule has 1 aromatic heterocycles. The molecule has 7 nitrogen and oxygen atoms in total. The Bertz CT molecular complexity index is 840. The Morgan fingerprint density at radius 2 is 1.65 bits per heavy atom. The molecule has 3 amide bonds. The maximum Gasteiger partial charge on any atom is 0.355 e. The van der Waals surface area contributed by atoms with Gasteiger partial charge in [-0.25, -0.2) is 4.79 Å². The normalized spacial score (nSPS) is 14.3. The van der Waals surface area contributed by atoms with Gasteiger partial charge >= 0.3 is 5.97 Å². The number of nitrogens with one attached hydrogen (secondary N) is 1. The summed E-state index contributed by atoms with van der Waals surface area (Å²) in [5, 5.41) is 4.78. The quantitative estimate of drug-likeness (QED) is 0.813. The molecule has 26 heavy (non-hydrogen) atoms. The SMILES string of the molecule is CC(C)C(NC(=O)c1cccs1)C(=O)ON1C(=O)c2ccccc2C1=O. The summed E-state index contributed by atoms with van der Waals surface area (Å²) >= 11 is 1.24. The second-order valence-corrected chi connectivity index (χ2v) is 6.98. The van der Waals surface area contributed by atoms with Crippen molar-refractivity contribution >= 4 is 35.0 Å². The molecule has 0 radical (unpaired) electrons. The van der Waals surface area contributed by atoms with E-state index in [-0.39, 0.29) is 17.0 Å². The van der Waals surface area contributed by atoms with Crippen LogP contribution in [0, 0.1) is 5.92 Å². The monoisotopic (exact) mass is 372 g/mol. The van der Waals surface area contributed by atoms with Crippen molar-refractivity contribution < 1.29 is 24.0 Å². The number of nitrogens with zero attached hydrogens (tertiary/aromatic N) is 1. The van der Waals surface area contributed by atoms with Gasteiger partial charge in [-0.15, -0.1) is 11.3 Å². The summed E-state index contributed by atoms with van der Waals surface area (Å²) in [5.41, 5.74) is 0.350. The lowest BCUT2D eigenvalue weighted by atomic mass is 10.0. The van der Waals surface area contributed by atoms with E-state index in [9.17, 15) is 19.2 Å². The van der Waals surface area contributed by atoms with Gasteiger partial charge in [-0.1, -0.05) is 37.1 Å². The van der Waals surface area contributed by atoms with E-state index in [4.69, 9.17) is 4.84 Å². The smallest absolute Gasteiger partial charge is 0.338 e. The average Bonchev–Trinajstić information content (AvgIpc) is 3.23. The molecule has 2 heterocycles. The van der Waals surface area contributed by atoms with E-state index in [0.717, 1.165) is 0 Å². The minimum Gasteiger partial charge on any atom is -0.338 e. The standard InChI is InChI=1S/C18H16N2O5S/c1-10(2)14(19-15(21)13-8-5-9-26-13)18(24)25-20-16(22)11-6-3-4-7-12(11)17(20)23/h3-10,14H,1-2H3,(H,19,21). The zero-order valence-corrected chi connectivity index (χ0v) is 14.9. The second-order valence-electron chi connectivity index (χ2n) is 6.03. The highest BCUT2D eigenvalue weighted by molar-refractivity contribution is 7.12. The molecule has 134 valence electrons. The Hall–Kier alpha value is -3.00. The predicted octanol–water partition coefficient (Wildman–Crippen LogP) is 2.26. The number of rotatable bonds is 5. The van der Waals surface area contributed by atoms with Crippen LogP contribution in [0.25, 0.3) is 0 Å². The minimum absolute atomic E-state index is 0.175. The summed E-state index contributed by atoms with van der Waals surface area (Å²) in [5.74, 6) is -3.00. The molecule has 0 saturated heterocycles. The molecule has 1 aromatic carbocycles. The van der Waals surface area contributed by atoms with Crippen LogP contribution in [0.3, 0.4) is 0 Å². The number of carbonyl (C=O) groups excluding carboxylic acids is 4. The van der Waals surface area contributed by atoms with Gasteiger partial charge in [0.05, 0.1) is 16.0 Å². The van der Waals surface area contributed by atoms with E-state index < -0.39 is 29.7 Å². The van der Waals surface area contributed by atoms with Crippen molar-refractivity contribution in [2.45, 2.75) is 19.9 Å². The lowest BCUT2D eigenvalue weighted by Crippen LogP contribution is -2.48. The number of fused-ring (bicyclic) bond motifs is 1. The Balaban J connectivity index is 1.74. The van der Waals surface area contributed by atoms with Crippen molar-refractivity contribution in [3.63, 3.8) is 0 Å². The fourth-order valence-electron chi connectivity index (χ4n) is 2.51. The number of carbonyl (C=O) groups is 4. The summed E-state index contributed by atoms with van der Waals surface area (Å²) in [6.07, 6.45) is 0. The molecule has 0 fully saturated rings. The highest BCUT2D eigenvalue weighted by Crippen LogP contribution is 2.23. The molecule has 1 aliphatic heterocycles. The van der Waals surface area contributed by atoms with Gasteiger partial charge < -0.3 is 10.2 Å². The zero-order valence-electron chi connectivity index (χ0n) is 14.1. The van der Waals surface area contributed by atoms with E-state index in [1.165, 1.54) is 23.5 Å². The zero-order chi connectivity index (χ0) is 18.8. The summed E-state index contributed by atoms with van der Waals surface area (Å²) in [6, 6.07) is 8.56. The molecular formula is C18H16N2O5S. The molecular weight excluding hydrogens is 356 g/mol. The van der Waals surface area contributed by atoms with Crippen LogP contribution in [0.2, 0.25) is 0 Å². The Labute approximate surface area is 153 Å². The molecule has 1 aliphatic rings. The van der Waals surface area contributed by atoms with Crippen molar-refractivity contribution in [1.29, 1.82) is 0 Å². The highest BCUT2D eigenvalue weighted by atomic mass is 32.1. The van der Waals surface area contributed by atoms with Crippen molar-refractivity contribution in [3.05, 3.63) is 57.8 Å². The molecule has 0 saturated carbocycles. The van der Waals surface area contributed by atoms with Crippen molar-refractivity contribution in [1.82, 2.24) is 10.4 Å². The number of hydrogen-bond acceptors (Lipinski definition) is 6. The van der Waals surface area contributed by atoms with Gasteiger partial charge in [0.1, 0.15) is 6.04 Å². The number of hydrogen-bond donors (Lipinski definition) is 1. The summed E-state index contributed by atoms with van der Waals surface area (Å²) in [4.78, 5) is 54.8. The molecule has 1 unspecified atom stereocenters. The van der Waals surface area contributed by atoms with Crippen LogP contribution in [0.5, 0.6) is 0 Å². The van der Waals surface area contributed by atoms with Crippen LogP contribution in [-0.2, 0) is 9.63 Å². The third-order valence-corrected chi connectivity index (χ3v) is 4.76. The van der Waals surface area contributed by atoms with Crippen LogP contribution in [-0.4, -0.2) is 34.8 Å². The summed E-state index contributed by atoms with van der Waals surface area (Å²) in [7, 11) is 0. The van der Waals surface area contributed by atoms with Crippen LogP contribution < -0.4 is 5.32 Å². The molecule has 3 rings (SSSR count). The van der Waals surface area contributed by atoms with Crippen molar-refractivity contribution in [3.8, 4) is 0 Å². The topological polar surface area (TPSA) is 92.8 Å². The van der Waals surface area contributed by atoms with Gasteiger partial charge in [-0.2, -0.15) is 0 Å². The molecule has 0 aliphatic carbocycles. The van der Waals surface area contributed by atoms with Gasteiger partial charge in [0, 0.05) is 0 Å². The molecule has 0 spiro atoms. The van der Waals surface area contributed by atoms with E-state index in [1.807, 2.05) is 0 Å². The molecule has 8 heteroatoms. The second kappa shape index (κ2) is 7.09. The van der Waals surface area contributed by atoms with Crippen molar-refractivity contribution in [2.24, 2.45) is 5.92 Å². The number of benzene rings is 1. The first-order valence-electron chi connectivity index (χ1n) is 7.94. The summed E-state index contributed by atoms with van der Waals surface area (Å²) < 4.78 is 0. The number of hydroxylamine groups is 2. The Morgan fingerprint density at radius 3 is 2.15 bits per heavy atom. The first-order valence-corrected chi connectivity index (χ1v) is 8.82. The van der Waals surface area contributed by atoms with Crippen molar-refractivity contribution in [2.75, 3.05) is 0 Å². The maximum atomic E-state index is 12.5. The maximum absolute atomic E-state index is 12.5.